The van der Waals surface area contributed by atoms with Gasteiger partial charge in [-0.25, -0.2) is 14.2 Å². The molecule has 0 saturated carbocycles. The van der Waals surface area contributed by atoms with E-state index >= 15 is 4.79 Å². The van der Waals surface area contributed by atoms with E-state index in [1.54, 1.807) is 52.1 Å². The van der Waals surface area contributed by atoms with Gasteiger partial charge in [0.15, 0.2) is 0 Å². The third kappa shape index (κ3) is 15.1. The highest BCUT2D eigenvalue weighted by atomic mass is 35.5. The van der Waals surface area contributed by atoms with Crippen LogP contribution in [0.15, 0.2) is 108 Å². The first-order valence-electron chi connectivity index (χ1n) is 30.2. The zero-order valence-corrected chi connectivity index (χ0v) is 51.5. The lowest BCUT2D eigenvalue weighted by atomic mass is 9.93. The number of carbonyl (C=O) groups is 4. The van der Waals surface area contributed by atoms with Crippen LogP contribution in [0.25, 0.3) is 11.1 Å². The van der Waals surface area contributed by atoms with Gasteiger partial charge in [0.2, 0.25) is 5.91 Å². The molecule has 6 aromatic rings. The Hall–Kier alpha value is -7.95. The van der Waals surface area contributed by atoms with Crippen molar-refractivity contribution in [1.82, 2.24) is 34.4 Å². The number of aryl methyl sites for hydroxylation is 2. The Morgan fingerprint density at radius 3 is 2.20 bits per heavy atom. The van der Waals surface area contributed by atoms with Crippen molar-refractivity contribution < 1.29 is 52.0 Å². The van der Waals surface area contributed by atoms with E-state index in [2.05, 4.69) is 9.88 Å². The molecule has 0 spiro atoms. The van der Waals surface area contributed by atoms with Crippen molar-refractivity contribution in [3.05, 3.63) is 153 Å². The number of nitrogen functional groups attached to an aromatic ring is 1. The number of rotatable bonds is 25. The van der Waals surface area contributed by atoms with Crippen LogP contribution in [0.4, 0.5) is 20.7 Å². The molecule has 2 saturated heterocycles. The highest BCUT2D eigenvalue weighted by Crippen LogP contribution is 2.47. The molecule has 4 amide bonds. The number of pyridine rings is 1. The van der Waals surface area contributed by atoms with Crippen molar-refractivity contribution in [2.45, 2.75) is 90.2 Å². The molecule has 0 radical (unpaired) electrons. The predicted molar refractivity (Wildman–Crippen MR) is 332 cm³/mol. The number of nitrogens with two attached hydrogens (primary N) is 1. The molecule has 0 aliphatic carbocycles. The van der Waals surface area contributed by atoms with E-state index in [0.717, 1.165) is 46.3 Å². The summed E-state index contributed by atoms with van der Waals surface area (Å²) in [6.45, 7) is 10.8. The zero-order valence-electron chi connectivity index (χ0n) is 50.7. The number of aliphatic imine (C=N–C) groups is 1. The summed E-state index contributed by atoms with van der Waals surface area (Å²) in [6, 6.07) is 25.8. The van der Waals surface area contributed by atoms with Crippen LogP contribution in [0.5, 0.6) is 11.5 Å². The number of carbonyl (C=O) groups excluding carboxylic acids is 4. The molecule has 6 heterocycles. The molecule has 4 aliphatic heterocycles. The van der Waals surface area contributed by atoms with Crippen LogP contribution in [-0.4, -0.2) is 170 Å². The molecule has 4 aromatic carbocycles. The molecule has 0 unspecified atom stereocenters. The molecule has 3 atom stereocenters. The maximum absolute atomic E-state index is 15.1. The summed E-state index contributed by atoms with van der Waals surface area (Å²) >= 11 is 6.40. The first-order chi connectivity index (χ1) is 42.6. The number of amidine groups is 1. The summed E-state index contributed by atoms with van der Waals surface area (Å²) in [5, 5.41) is 5.44. The van der Waals surface area contributed by atoms with E-state index in [1.807, 2.05) is 98.4 Å². The van der Waals surface area contributed by atoms with Crippen LogP contribution in [0.2, 0.25) is 5.02 Å². The van der Waals surface area contributed by atoms with Gasteiger partial charge in [0.05, 0.1) is 102 Å². The lowest BCUT2D eigenvalue weighted by molar-refractivity contribution is -0.135. The molecular weight excluding hydrogens is 1150 g/mol. The summed E-state index contributed by atoms with van der Waals surface area (Å²) in [4.78, 5) is 74.3. The van der Waals surface area contributed by atoms with Crippen molar-refractivity contribution >= 4 is 52.6 Å². The number of Topliss-reactive ketones (excluding diaryl/α,β-unsaturated/α-hetero) is 1. The van der Waals surface area contributed by atoms with E-state index in [9.17, 15) is 18.8 Å². The van der Waals surface area contributed by atoms with Gasteiger partial charge in [-0.15, -0.1) is 0 Å². The first-order valence-corrected chi connectivity index (χ1v) is 30.6. The highest BCUT2D eigenvalue weighted by Gasteiger charge is 2.46. The van der Waals surface area contributed by atoms with Crippen LogP contribution in [0, 0.1) is 12.7 Å². The van der Waals surface area contributed by atoms with Gasteiger partial charge in [-0.1, -0.05) is 53.6 Å². The van der Waals surface area contributed by atoms with Crippen molar-refractivity contribution in [2.24, 2.45) is 4.99 Å². The number of ether oxygens (including phenoxy) is 6. The Morgan fingerprint density at radius 1 is 0.784 bits per heavy atom. The Labute approximate surface area is 518 Å². The van der Waals surface area contributed by atoms with E-state index < -0.39 is 17.9 Å². The molecule has 20 nitrogen and oxygen atoms in total. The number of piperazine rings is 1. The van der Waals surface area contributed by atoms with Crippen LogP contribution in [0.1, 0.15) is 108 Å². The van der Waals surface area contributed by atoms with Gasteiger partial charge < -0.3 is 53.8 Å². The van der Waals surface area contributed by atoms with E-state index in [4.69, 9.17) is 55.8 Å². The third-order valence-corrected chi connectivity index (χ3v) is 16.5. The zero-order chi connectivity index (χ0) is 61.8. The van der Waals surface area contributed by atoms with Crippen molar-refractivity contribution in [3.8, 4) is 22.6 Å². The van der Waals surface area contributed by atoms with Gasteiger partial charge in [0.25, 0.3) is 5.91 Å². The summed E-state index contributed by atoms with van der Waals surface area (Å²) < 4.78 is 51.3. The SMILES string of the molecule is COc1ccc(C2=N[C@@H](c3ccc(C)cc3)[C@@H](c3ccc(Cl)cc3)N2C(=O)N2CCN(CCOCCOCCOCCOCCC(=O)CCCn3cc4c(n3)CN(C)C(=O)c3ccc(F)cc3[C@H]3CCCN3c3cc-4cnc3N)C(=O)C2)c(OC(C)C)c1. The smallest absolute Gasteiger partial charge is 0.326 e. The molecule has 2 N–H and O–H groups in total. The Morgan fingerprint density at radius 2 is 1.49 bits per heavy atom. The van der Waals surface area contributed by atoms with Crippen molar-refractivity contribution in [3.63, 3.8) is 0 Å². The van der Waals surface area contributed by atoms with Gasteiger partial charge in [-0.3, -0.25) is 29.0 Å². The highest BCUT2D eigenvalue weighted by molar-refractivity contribution is 6.30. The van der Waals surface area contributed by atoms with Gasteiger partial charge in [0, 0.05) is 92.8 Å². The minimum atomic E-state index is -0.575. The molecular formula is C66H78ClFN10O10. The second kappa shape index (κ2) is 29.4. The monoisotopic (exact) mass is 1220 g/mol. The maximum Gasteiger partial charge on any atom is 0.326 e. The number of anilines is 2. The molecule has 10 rings (SSSR count). The van der Waals surface area contributed by atoms with Gasteiger partial charge in [-0.05, 0) is 105 Å². The van der Waals surface area contributed by atoms with E-state index in [0.29, 0.717) is 142 Å². The lowest BCUT2D eigenvalue weighted by Crippen LogP contribution is -2.56. The number of aromatic nitrogens is 3. The number of amides is 4. The maximum atomic E-state index is 15.1. The number of hydrogen-bond acceptors (Lipinski definition) is 15. The topological polar surface area (TPSA) is 209 Å². The largest absolute Gasteiger partial charge is 0.497 e. The third-order valence-electron chi connectivity index (χ3n) is 16.2. The number of benzene rings is 4. The minimum Gasteiger partial charge on any atom is -0.497 e. The fraction of sp³-hybridized carbons (Fsp3) is 0.439. The van der Waals surface area contributed by atoms with Gasteiger partial charge in [0.1, 0.15) is 47.3 Å². The Kier molecular flexibility index (Phi) is 21.1. The molecule has 2 aromatic heterocycles. The fourth-order valence-electron chi connectivity index (χ4n) is 11.7. The number of hydrogen-bond donors (Lipinski definition) is 1. The standard InChI is InChI=1S/C66H78ClFN10O10/c1-43(2)88-59-38-51(83-5)19-21-53(59)64-71-61(45-12-10-44(3)11-13-45)62(46-14-16-48(67)17-15-46)78(64)66(82)75-26-25-74(60(80)42-75)27-29-85-31-33-87-35-34-86-32-30-84-28-22-50(79)8-6-23-76-40-55-47-36-58(63(69)70-39-47)77-24-7-9-57(77)54-37-49(68)18-20-52(54)65(81)73(4)41-56(55)72-76/h10-21,36-40,43,57,61-62H,6-9,22-35,41-42H2,1-5H3,(H2,69,70)/t57-,61+,62-/m1/s1. The molecule has 88 heavy (non-hydrogen) atoms. The molecule has 22 heteroatoms. The summed E-state index contributed by atoms with van der Waals surface area (Å²) in [6.07, 6.45) is 6.25. The Balaban J connectivity index is 0.619. The molecule has 466 valence electrons. The molecule has 4 aliphatic rings. The van der Waals surface area contributed by atoms with Gasteiger partial charge >= 0.3 is 6.03 Å². The fourth-order valence-corrected chi connectivity index (χ4v) is 11.9. The second-order valence-electron chi connectivity index (χ2n) is 22.8. The number of ketones is 1. The van der Waals surface area contributed by atoms with E-state index in [-0.39, 0.29) is 61.9 Å². The average molecular weight is 1230 g/mol. The predicted octanol–water partition coefficient (Wildman–Crippen LogP) is 9.67. The van der Waals surface area contributed by atoms with Crippen molar-refractivity contribution in [2.75, 3.05) is 110 Å². The van der Waals surface area contributed by atoms with Crippen LogP contribution in [-0.2, 0) is 41.6 Å². The number of nitrogens with zero attached hydrogens (tertiary/aromatic N) is 9. The van der Waals surface area contributed by atoms with Gasteiger partial charge in [-0.2, -0.15) is 5.10 Å². The van der Waals surface area contributed by atoms with E-state index in [1.165, 1.54) is 12.1 Å². The number of fused-ring (bicyclic) bond motifs is 8. The normalized spacial score (nSPS) is 17.6. The quantitative estimate of drug-likeness (QED) is 0.0530. The first kappa shape index (κ1) is 63.1. The van der Waals surface area contributed by atoms with Crippen molar-refractivity contribution in [1.29, 1.82) is 0 Å². The number of halogens is 2. The van der Waals surface area contributed by atoms with Crippen LogP contribution >= 0.6 is 11.6 Å². The van der Waals surface area contributed by atoms with Crippen LogP contribution < -0.4 is 20.1 Å². The van der Waals surface area contributed by atoms with Crippen LogP contribution in [0.3, 0.4) is 0 Å². The average Bonchev–Trinajstić information content (AvgIpc) is 1.70. The number of methoxy groups -OCH3 is 1. The number of urea groups is 1. The second-order valence-corrected chi connectivity index (χ2v) is 23.2. The molecule has 2 fully saturated rings. The Bertz CT molecular complexity index is 3460. The summed E-state index contributed by atoms with van der Waals surface area (Å²) in [5.41, 5.74) is 14.0. The minimum absolute atomic E-state index is 0.0779. The molecule has 2 bridgehead atoms. The summed E-state index contributed by atoms with van der Waals surface area (Å²) in [7, 11) is 3.31. The summed E-state index contributed by atoms with van der Waals surface area (Å²) in [5.74, 6) is 1.16. The lowest BCUT2D eigenvalue weighted by Gasteiger charge is -2.38.